The Morgan fingerprint density at radius 3 is 2.22 bits per heavy atom. The fraction of sp³-hybridized carbons (Fsp3) is 0.160. The zero-order valence-electron chi connectivity index (χ0n) is 19.9. The minimum absolute atomic E-state index is 0.107. The van der Waals surface area contributed by atoms with Gasteiger partial charge in [0, 0.05) is 36.0 Å². The number of rotatable bonds is 9. The minimum atomic E-state index is -2.52. The van der Waals surface area contributed by atoms with E-state index in [2.05, 4.69) is 20.6 Å². The molecule has 0 saturated heterocycles. The number of methoxy groups -OCH3 is 2. The summed E-state index contributed by atoms with van der Waals surface area (Å²) in [5.41, 5.74) is 2.51. The van der Waals surface area contributed by atoms with E-state index in [0.717, 1.165) is 4.31 Å². The molecule has 3 aromatic carbocycles. The normalized spacial score (nSPS) is 11.6. The number of carbonyl (C=O) groups is 1. The number of aromatic nitrogens is 2. The van der Waals surface area contributed by atoms with Gasteiger partial charge in [0.1, 0.15) is 11.5 Å². The Bertz CT molecular complexity index is 1410. The summed E-state index contributed by atoms with van der Waals surface area (Å²) in [6.45, 7) is 1.74. The molecule has 0 radical (unpaired) electrons. The van der Waals surface area contributed by atoms with Gasteiger partial charge in [-0.2, -0.15) is 0 Å². The number of fused-ring (bicyclic) bond motifs is 1. The van der Waals surface area contributed by atoms with E-state index >= 15 is 0 Å². The topological polar surface area (TPSA) is 126 Å². The summed E-state index contributed by atoms with van der Waals surface area (Å²) in [6, 6.07) is 19.0. The van der Waals surface area contributed by atoms with Crippen molar-refractivity contribution >= 4 is 56.9 Å². The first kappa shape index (κ1) is 24.9. The predicted molar refractivity (Wildman–Crippen MR) is 141 cm³/mol. The van der Waals surface area contributed by atoms with Gasteiger partial charge in [0.25, 0.3) is 11.3 Å². The fourth-order valence-electron chi connectivity index (χ4n) is 3.48. The molecule has 186 valence electrons. The summed E-state index contributed by atoms with van der Waals surface area (Å²) < 4.78 is 34.8. The molecule has 0 aliphatic heterocycles. The van der Waals surface area contributed by atoms with Gasteiger partial charge in [-0.1, -0.05) is 25.1 Å². The molecule has 3 N–H and O–H groups in total. The molecule has 0 spiro atoms. The van der Waals surface area contributed by atoms with E-state index in [1.807, 2.05) is 12.1 Å². The summed E-state index contributed by atoms with van der Waals surface area (Å²) in [4.78, 5) is 21.2. The molecule has 0 aliphatic rings. The number of hydrogen-bond donors (Lipinski definition) is 3. The molecule has 4 rings (SSSR count). The maximum absolute atomic E-state index is 12.6. The average molecular weight is 508 g/mol. The number of anilines is 5. The minimum Gasteiger partial charge on any atom is -0.497 e. The SMILES string of the molecule is CCC(=O)Nc1cccc(N(c2nc3ccccc3nc2Nc2cc(OC)cc(OC)c2)S(=O)O)c1. The Morgan fingerprint density at radius 1 is 0.944 bits per heavy atom. The molecule has 1 aromatic heterocycles. The molecule has 11 heteroatoms. The van der Waals surface area contributed by atoms with Gasteiger partial charge < -0.3 is 20.1 Å². The highest BCUT2D eigenvalue weighted by molar-refractivity contribution is 7.81. The van der Waals surface area contributed by atoms with Crippen molar-refractivity contribution in [3.05, 3.63) is 66.7 Å². The van der Waals surface area contributed by atoms with Crippen LogP contribution in [0.25, 0.3) is 11.0 Å². The molecule has 4 aromatic rings. The Kier molecular flexibility index (Phi) is 7.62. The average Bonchev–Trinajstić information content (AvgIpc) is 2.88. The van der Waals surface area contributed by atoms with Gasteiger partial charge in [-0.15, -0.1) is 0 Å². The van der Waals surface area contributed by atoms with Gasteiger partial charge >= 0.3 is 0 Å². The lowest BCUT2D eigenvalue weighted by Crippen LogP contribution is -2.22. The van der Waals surface area contributed by atoms with E-state index in [1.54, 1.807) is 75.7 Å². The van der Waals surface area contributed by atoms with Crippen LogP contribution < -0.4 is 24.4 Å². The van der Waals surface area contributed by atoms with Crippen LogP contribution in [0.2, 0.25) is 0 Å². The number of nitrogens with one attached hydrogen (secondary N) is 2. The van der Waals surface area contributed by atoms with E-state index < -0.39 is 11.3 Å². The van der Waals surface area contributed by atoms with Crippen LogP contribution in [0.15, 0.2) is 66.7 Å². The molecule has 1 amide bonds. The smallest absolute Gasteiger partial charge is 0.268 e. The quantitative estimate of drug-likeness (QED) is 0.270. The first-order chi connectivity index (χ1) is 17.4. The van der Waals surface area contributed by atoms with Crippen molar-refractivity contribution in [3.63, 3.8) is 0 Å². The second-order valence-corrected chi connectivity index (χ2v) is 8.41. The zero-order valence-corrected chi connectivity index (χ0v) is 20.7. The van der Waals surface area contributed by atoms with Crippen molar-refractivity contribution in [3.8, 4) is 11.5 Å². The molecule has 10 nitrogen and oxygen atoms in total. The van der Waals surface area contributed by atoms with Crippen LogP contribution >= 0.6 is 0 Å². The van der Waals surface area contributed by atoms with Crippen molar-refractivity contribution < 1.29 is 23.0 Å². The molecule has 1 atom stereocenters. The molecule has 36 heavy (non-hydrogen) atoms. The maximum Gasteiger partial charge on any atom is 0.268 e. The molecule has 0 fully saturated rings. The van der Waals surface area contributed by atoms with Gasteiger partial charge in [0.2, 0.25) is 5.91 Å². The number of carbonyl (C=O) groups excluding carboxylic acids is 1. The van der Waals surface area contributed by atoms with Gasteiger partial charge in [-0.25, -0.2) is 18.5 Å². The Hall–Kier alpha value is -4.22. The molecule has 0 saturated carbocycles. The van der Waals surface area contributed by atoms with Gasteiger partial charge in [-0.05, 0) is 30.3 Å². The van der Waals surface area contributed by atoms with Gasteiger partial charge in [-0.3, -0.25) is 9.35 Å². The number of para-hydroxylation sites is 2. The Labute approximate surface area is 210 Å². The van der Waals surface area contributed by atoms with Crippen molar-refractivity contribution in [2.75, 3.05) is 29.2 Å². The molecular formula is C25H25N5O5S. The third kappa shape index (κ3) is 5.53. The van der Waals surface area contributed by atoms with Crippen LogP contribution in [0.4, 0.5) is 28.7 Å². The van der Waals surface area contributed by atoms with E-state index in [9.17, 15) is 13.6 Å². The van der Waals surface area contributed by atoms with Crippen molar-refractivity contribution in [1.82, 2.24) is 9.97 Å². The second-order valence-electron chi connectivity index (χ2n) is 7.59. The van der Waals surface area contributed by atoms with Crippen LogP contribution in [0.3, 0.4) is 0 Å². The highest BCUT2D eigenvalue weighted by atomic mass is 32.2. The summed E-state index contributed by atoms with van der Waals surface area (Å²) in [5, 5.41) is 5.95. The van der Waals surface area contributed by atoms with E-state index in [4.69, 9.17) is 9.47 Å². The molecule has 1 unspecified atom stereocenters. The fourth-order valence-corrected chi connectivity index (χ4v) is 4.05. The van der Waals surface area contributed by atoms with Crippen molar-refractivity contribution in [1.29, 1.82) is 0 Å². The van der Waals surface area contributed by atoms with Crippen LogP contribution in [-0.4, -0.2) is 38.9 Å². The van der Waals surface area contributed by atoms with E-state index in [1.165, 1.54) is 0 Å². The third-order valence-corrected chi connectivity index (χ3v) is 5.90. The molecule has 0 bridgehead atoms. The van der Waals surface area contributed by atoms with Crippen LogP contribution in [0, 0.1) is 0 Å². The maximum atomic E-state index is 12.6. The number of nitrogens with zero attached hydrogens (tertiary/aromatic N) is 3. The van der Waals surface area contributed by atoms with Crippen LogP contribution in [0.5, 0.6) is 11.5 Å². The van der Waals surface area contributed by atoms with Crippen molar-refractivity contribution in [2.24, 2.45) is 0 Å². The number of amides is 1. The lowest BCUT2D eigenvalue weighted by atomic mass is 10.2. The van der Waals surface area contributed by atoms with E-state index in [-0.39, 0.29) is 17.5 Å². The van der Waals surface area contributed by atoms with Crippen LogP contribution in [-0.2, 0) is 16.1 Å². The zero-order chi connectivity index (χ0) is 25.7. The second kappa shape index (κ2) is 11.0. The summed E-state index contributed by atoms with van der Waals surface area (Å²) in [7, 11) is 3.08. The molecular weight excluding hydrogens is 482 g/mol. The van der Waals surface area contributed by atoms with Gasteiger partial charge in [0.15, 0.2) is 11.6 Å². The number of hydrogen-bond acceptors (Lipinski definition) is 7. The van der Waals surface area contributed by atoms with Crippen LogP contribution in [0.1, 0.15) is 13.3 Å². The summed E-state index contributed by atoms with van der Waals surface area (Å²) >= 11 is -2.52. The molecule has 1 heterocycles. The lowest BCUT2D eigenvalue weighted by molar-refractivity contribution is -0.115. The standard InChI is InChI=1S/C25H25N5O5S/c1-4-23(31)26-16-8-7-9-18(12-16)30(36(32)33)25-24(28-21-10-5-6-11-22(21)29-25)27-17-13-19(34-2)15-20(14-17)35-3/h5-15H,4H2,1-3H3,(H,26,31)(H,27,28)(H,32,33). The van der Waals surface area contributed by atoms with Gasteiger partial charge in [0.05, 0.1) is 30.9 Å². The summed E-state index contributed by atoms with van der Waals surface area (Å²) in [6.07, 6.45) is 0.300. The third-order valence-electron chi connectivity index (χ3n) is 5.20. The number of ether oxygens (including phenoxy) is 2. The Morgan fingerprint density at radius 2 is 1.61 bits per heavy atom. The van der Waals surface area contributed by atoms with Crippen molar-refractivity contribution in [2.45, 2.75) is 13.3 Å². The largest absolute Gasteiger partial charge is 0.497 e. The molecule has 0 aliphatic carbocycles. The highest BCUT2D eigenvalue weighted by Crippen LogP contribution is 2.36. The first-order valence-corrected chi connectivity index (χ1v) is 12.1. The predicted octanol–water partition coefficient (Wildman–Crippen LogP) is 5.01. The first-order valence-electron chi connectivity index (χ1n) is 11.0. The summed E-state index contributed by atoms with van der Waals surface area (Å²) in [5.74, 6) is 1.26. The van der Waals surface area contributed by atoms with E-state index in [0.29, 0.717) is 46.0 Å². The highest BCUT2D eigenvalue weighted by Gasteiger charge is 2.23. The monoisotopic (exact) mass is 507 g/mol. The lowest BCUT2D eigenvalue weighted by Gasteiger charge is -2.23. The Balaban J connectivity index is 1.86. The number of benzene rings is 3.